The average molecular weight is 269 g/mol. The van der Waals surface area contributed by atoms with Crippen LogP contribution >= 0.6 is 11.8 Å². The number of benzene rings is 1. The highest BCUT2D eigenvalue weighted by Crippen LogP contribution is 2.14. The summed E-state index contributed by atoms with van der Waals surface area (Å²) in [7, 11) is 0. The molecule has 0 amide bonds. The Morgan fingerprint density at radius 3 is 2.50 bits per heavy atom. The highest BCUT2D eigenvalue weighted by Gasteiger charge is 2.09. The summed E-state index contributed by atoms with van der Waals surface area (Å²) >= 11 is 1.74. The van der Waals surface area contributed by atoms with Gasteiger partial charge >= 0.3 is 5.97 Å². The summed E-state index contributed by atoms with van der Waals surface area (Å²) in [5, 5.41) is 8.74. The quantitative estimate of drug-likeness (QED) is 0.743. The number of nitrogens with two attached hydrogens (primary N) is 1. The van der Waals surface area contributed by atoms with E-state index in [-0.39, 0.29) is 11.1 Å². The summed E-state index contributed by atoms with van der Waals surface area (Å²) in [4.78, 5) is 10.6. The van der Waals surface area contributed by atoms with E-state index >= 15 is 0 Å². The Morgan fingerprint density at radius 1 is 1.39 bits per heavy atom. The molecule has 0 heterocycles. The van der Waals surface area contributed by atoms with E-state index in [0.717, 1.165) is 11.5 Å². The van der Waals surface area contributed by atoms with Crippen molar-refractivity contribution in [3.8, 4) is 5.75 Å². The van der Waals surface area contributed by atoms with Gasteiger partial charge in [-0.3, -0.25) is 0 Å². The number of rotatable bonds is 7. The molecule has 0 atom stereocenters. The molecule has 0 aliphatic heterocycles. The second kappa shape index (κ2) is 6.66. The number of hydrogen-bond donors (Lipinski definition) is 2. The number of carbonyl (C=O) groups is 1. The topological polar surface area (TPSA) is 72.5 Å². The lowest BCUT2D eigenvalue weighted by Gasteiger charge is -2.17. The molecule has 1 aromatic carbocycles. The Kier molecular flexibility index (Phi) is 5.50. The van der Waals surface area contributed by atoms with Gasteiger partial charge in [0.25, 0.3) is 0 Å². The molecule has 4 nitrogen and oxygen atoms in total. The highest BCUT2D eigenvalue weighted by molar-refractivity contribution is 7.99. The lowest BCUT2D eigenvalue weighted by molar-refractivity contribution is 0.0697. The number of carboxylic acids is 1. The first-order valence-corrected chi connectivity index (χ1v) is 6.87. The number of carboxylic acid groups (broad SMARTS) is 1. The van der Waals surface area contributed by atoms with Crippen LogP contribution in [0.25, 0.3) is 0 Å². The summed E-state index contributed by atoms with van der Waals surface area (Å²) < 4.78 is 5.50. The van der Waals surface area contributed by atoms with Crippen LogP contribution in [-0.4, -0.2) is 34.7 Å². The van der Waals surface area contributed by atoms with Gasteiger partial charge in [-0.2, -0.15) is 11.8 Å². The number of thioether (sulfide) groups is 1. The molecule has 100 valence electrons. The van der Waals surface area contributed by atoms with Crippen LogP contribution in [0.2, 0.25) is 0 Å². The zero-order valence-corrected chi connectivity index (χ0v) is 11.5. The van der Waals surface area contributed by atoms with Crippen molar-refractivity contribution in [2.75, 3.05) is 18.1 Å². The lowest BCUT2D eigenvalue weighted by Crippen LogP contribution is -2.34. The van der Waals surface area contributed by atoms with Crippen LogP contribution in [0.3, 0.4) is 0 Å². The standard InChI is InChI=1S/C13H19NO3S/c1-13(2,14)9-18-8-7-17-11-5-3-10(4-6-11)12(15)16/h3-6H,7-9,14H2,1-2H3,(H,15,16). The van der Waals surface area contributed by atoms with Gasteiger partial charge in [-0.1, -0.05) is 0 Å². The third kappa shape index (κ3) is 5.93. The Balaban J connectivity index is 2.25. The first-order valence-electron chi connectivity index (χ1n) is 5.71. The van der Waals surface area contributed by atoms with Crippen molar-refractivity contribution in [2.45, 2.75) is 19.4 Å². The van der Waals surface area contributed by atoms with Gasteiger partial charge in [0, 0.05) is 17.0 Å². The number of aromatic carboxylic acids is 1. The molecular weight excluding hydrogens is 250 g/mol. The van der Waals surface area contributed by atoms with E-state index in [4.69, 9.17) is 15.6 Å². The van der Waals surface area contributed by atoms with E-state index in [2.05, 4.69) is 0 Å². The van der Waals surface area contributed by atoms with Crippen LogP contribution in [0.1, 0.15) is 24.2 Å². The Morgan fingerprint density at radius 2 is 2.00 bits per heavy atom. The average Bonchev–Trinajstić information content (AvgIpc) is 2.27. The molecule has 5 heteroatoms. The van der Waals surface area contributed by atoms with Crippen molar-refractivity contribution in [1.29, 1.82) is 0 Å². The van der Waals surface area contributed by atoms with Gasteiger partial charge in [0.05, 0.1) is 12.2 Å². The van der Waals surface area contributed by atoms with Crippen LogP contribution in [-0.2, 0) is 0 Å². The minimum absolute atomic E-state index is 0.159. The molecule has 0 unspecified atom stereocenters. The third-order valence-corrected chi connectivity index (χ3v) is 3.48. The van der Waals surface area contributed by atoms with Crippen molar-refractivity contribution in [3.63, 3.8) is 0 Å². The van der Waals surface area contributed by atoms with Gasteiger partial charge in [-0.15, -0.1) is 0 Å². The Bertz CT molecular complexity index is 384. The first kappa shape index (κ1) is 14.9. The summed E-state index contributed by atoms with van der Waals surface area (Å²) in [6.45, 7) is 4.57. The predicted molar refractivity (Wildman–Crippen MR) is 74.5 cm³/mol. The third-order valence-electron chi connectivity index (χ3n) is 2.07. The van der Waals surface area contributed by atoms with Gasteiger partial charge in [-0.25, -0.2) is 4.79 Å². The van der Waals surface area contributed by atoms with Gasteiger partial charge in [0.1, 0.15) is 5.75 Å². The van der Waals surface area contributed by atoms with Gasteiger partial charge < -0.3 is 15.6 Å². The maximum absolute atomic E-state index is 10.6. The summed E-state index contributed by atoms with van der Waals surface area (Å²) in [5.74, 6) is 1.50. The maximum atomic E-state index is 10.6. The molecule has 0 aliphatic carbocycles. The fraction of sp³-hybridized carbons (Fsp3) is 0.462. The SMILES string of the molecule is CC(C)(N)CSCCOc1ccc(C(=O)O)cc1. The summed E-state index contributed by atoms with van der Waals surface area (Å²) in [6.07, 6.45) is 0. The molecule has 0 saturated carbocycles. The Labute approximate surface area is 112 Å². The van der Waals surface area contributed by atoms with Crippen molar-refractivity contribution in [1.82, 2.24) is 0 Å². The molecule has 0 bridgehead atoms. The Hall–Kier alpha value is -1.20. The van der Waals surface area contributed by atoms with E-state index in [1.54, 1.807) is 23.9 Å². The molecular formula is C13H19NO3S. The van der Waals surface area contributed by atoms with Crippen molar-refractivity contribution >= 4 is 17.7 Å². The normalized spacial score (nSPS) is 11.3. The van der Waals surface area contributed by atoms with Crippen LogP contribution in [0, 0.1) is 0 Å². The molecule has 0 radical (unpaired) electrons. The van der Waals surface area contributed by atoms with Crippen LogP contribution in [0.5, 0.6) is 5.75 Å². The van der Waals surface area contributed by atoms with E-state index in [1.807, 2.05) is 13.8 Å². The molecule has 3 N–H and O–H groups in total. The smallest absolute Gasteiger partial charge is 0.335 e. The molecule has 1 aromatic rings. The summed E-state index contributed by atoms with van der Waals surface area (Å²) in [5.41, 5.74) is 5.96. The maximum Gasteiger partial charge on any atom is 0.335 e. The van der Waals surface area contributed by atoms with E-state index < -0.39 is 5.97 Å². The molecule has 0 aromatic heterocycles. The number of ether oxygens (including phenoxy) is 1. The fourth-order valence-electron chi connectivity index (χ4n) is 1.25. The number of hydrogen-bond acceptors (Lipinski definition) is 4. The molecule has 0 spiro atoms. The van der Waals surface area contributed by atoms with E-state index in [0.29, 0.717) is 12.4 Å². The van der Waals surface area contributed by atoms with Crippen molar-refractivity contribution < 1.29 is 14.6 Å². The van der Waals surface area contributed by atoms with Crippen LogP contribution < -0.4 is 10.5 Å². The highest BCUT2D eigenvalue weighted by atomic mass is 32.2. The van der Waals surface area contributed by atoms with E-state index in [9.17, 15) is 4.79 Å². The molecule has 0 saturated heterocycles. The predicted octanol–water partition coefficient (Wildman–Crippen LogP) is 2.23. The van der Waals surface area contributed by atoms with Gasteiger partial charge in [-0.05, 0) is 38.1 Å². The second-order valence-electron chi connectivity index (χ2n) is 4.72. The van der Waals surface area contributed by atoms with Gasteiger partial charge in [0.15, 0.2) is 0 Å². The van der Waals surface area contributed by atoms with E-state index in [1.165, 1.54) is 12.1 Å². The molecule has 0 fully saturated rings. The largest absolute Gasteiger partial charge is 0.493 e. The monoisotopic (exact) mass is 269 g/mol. The van der Waals surface area contributed by atoms with Gasteiger partial charge in [0.2, 0.25) is 0 Å². The summed E-state index contributed by atoms with van der Waals surface area (Å²) in [6, 6.07) is 6.41. The zero-order valence-electron chi connectivity index (χ0n) is 10.7. The minimum atomic E-state index is -0.928. The van der Waals surface area contributed by atoms with Crippen molar-refractivity contribution in [3.05, 3.63) is 29.8 Å². The molecule has 1 rings (SSSR count). The van der Waals surface area contributed by atoms with Crippen molar-refractivity contribution in [2.24, 2.45) is 5.73 Å². The molecule has 0 aliphatic rings. The first-order chi connectivity index (χ1) is 8.38. The second-order valence-corrected chi connectivity index (χ2v) is 5.82. The lowest BCUT2D eigenvalue weighted by atomic mass is 10.1. The fourth-order valence-corrected chi connectivity index (χ4v) is 2.12. The van der Waals surface area contributed by atoms with Crippen LogP contribution in [0.15, 0.2) is 24.3 Å². The van der Waals surface area contributed by atoms with Crippen LogP contribution in [0.4, 0.5) is 0 Å². The molecule has 18 heavy (non-hydrogen) atoms. The minimum Gasteiger partial charge on any atom is -0.493 e. The zero-order chi connectivity index (χ0) is 13.6.